The zero-order chi connectivity index (χ0) is 16.6. The molecule has 2 N–H and O–H groups in total. The molecule has 2 heterocycles. The molecule has 4 rings (SSSR count). The fourth-order valence-corrected chi connectivity index (χ4v) is 4.37. The van der Waals surface area contributed by atoms with Crippen LogP contribution in [0.4, 0.5) is 0 Å². The van der Waals surface area contributed by atoms with E-state index in [0.717, 1.165) is 36.0 Å². The Balaban J connectivity index is 1.36. The highest BCUT2D eigenvalue weighted by atomic mass is 35.5. The molecule has 1 aromatic carbocycles. The lowest BCUT2D eigenvalue weighted by Crippen LogP contribution is -2.43. The third-order valence-corrected chi connectivity index (χ3v) is 6.01. The maximum atomic E-state index is 6.13. The van der Waals surface area contributed by atoms with Gasteiger partial charge in [-0.15, -0.1) is 0 Å². The van der Waals surface area contributed by atoms with E-state index in [1.54, 1.807) is 0 Å². The van der Waals surface area contributed by atoms with Crippen LogP contribution in [0.15, 0.2) is 29.4 Å². The van der Waals surface area contributed by atoms with E-state index < -0.39 is 0 Å². The van der Waals surface area contributed by atoms with Crippen LogP contribution in [0.3, 0.4) is 0 Å². The van der Waals surface area contributed by atoms with Crippen molar-refractivity contribution < 1.29 is 0 Å². The van der Waals surface area contributed by atoms with Crippen molar-refractivity contribution >= 4 is 28.5 Å². The number of nitrogens with zero attached hydrogens (tertiary/aromatic N) is 2. The Morgan fingerprint density at radius 1 is 1.38 bits per heavy atom. The average molecular weight is 345 g/mol. The lowest BCUT2D eigenvalue weighted by molar-refractivity contribution is 0.151. The minimum absolute atomic E-state index is 0.602. The van der Waals surface area contributed by atoms with E-state index in [-0.39, 0.29) is 0 Å². The number of guanidine groups is 1. The van der Waals surface area contributed by atoms with Gasteiger partial charge in [0.05, 0.1) is 0 Å². The lowest BCUT2D eigenvalue weighted by atomic mass is 9.68. The maximum Gasteiger partial charge on any atom is 0.193 e. The lowest BCUT2D eigenvalue weighted by Gasteiger charge is -2.38. The summed E-state index contributed by atoms with van der Waals surface area (Å²) in [5.74, 6) is 1.05. The van der Waals surface area contributed by atoms with Crippen LogP contribution in [0, 0.1) is 5.41 Å². The zero-order valence-electron chi connectivity index (χ0n) is 14.2. The van der Waals surface area contributed by atoms with Gasteiger partial charge >= 0.3 is 0 Å². The predicted octanol–water partition coefficient (Wildman–Crippen LogP) is 3.82. The van der Waals surface area contributed by atoms with Crippen LogP contribution in [-0.2, 0) is 6.42 Å². The summed E-state index contributed by atoms with van der Waals surface area (Å²) in [5, 5.41) is 5.55. The van der Waals surface area contributed by atoms with Crippen molar-refractivity contribution in [3.05, 3.63) is 35.0 Å². The summed E-state index contributed by atoms with van der Waals surface area (Å²) in [6.45, 7) is 3.20. The fourth-order valence-electron chi connectivity index (χ4n) is 4.20. The van der Waals surface area contributed by atoms with E-state index in [2.05, 4.69) is 26.4 Å². The molecule has 1 aromatic heterocycles. The quantitative estimate of drug-likeness (QED) is 0.656. The normalized spacial score (nSPS) is 19.9. The summed E-state index contributed by atoms with van der Waals surface area (Å²) in [6, 6.07) is 6.00. The largest absolute Gasteiger partial charge is 0.361 e. The molecule has 0 amide bonds. The smallest absolute Gasteiger partial charge is 0.193 e. The highest BCUT2D eigenvalue weighted by Crippen LogP contribution is 2.47. The van der Waals surface area contributed by atoms with Gasteiger partial charge in [-0.25, -0.2) is 0 Å². The van der Waals surface area contributed by atoms with Crippen LogP contribution in [0.5, 0.6) is 0 Å². The van der Waals surface area contributed by atoms with E-state index in [1.807, 2.05) is 25.2 Å². The van der Waals surface area contributed by atoms with Crippen LogP contribution >= 0.6 is 11.6 Å². The van der Waals surface area contributed by atoms with Gasteiger partial charge in [0.25, 0.3) is 0 Å². The first-order chi connectivity index (χ1) is 11.7. The van der Waals surface area contributed by atoms with Crippen molar-refractivity contribution in [2.24, 2.45) is 10.4 Å². The number of likely N-dealkylation sites (tertiary alicyclic amines) is 1. The van der Waals surface area contributed by atoms with Gasteiger partial charge in [0.15, 0.2) is 5.96 Å². The van der Waals surface area contributed by atoms with E-state index in [4.69, 9.17) is 11.6 Å². The fraction of sp³-hybridized carbons (Fsp3) is 0.526. The van der Waals surface area contributed by atoms with Crippen molar-refractivity contribution in [3.63, 3.8) is 0 Å². The Hall–Kier alpha value is -1.68. The van der Waals surface area contributed by atoms with E-state index in [0.29, 0.717) is 5.41 Å². The van der Waals surface area contributed by atoms with Crippen molar-refractivity contribution in [3.8, 4) is 0 Å². The topological polar surface area (TPSA) is 43.4 Å². The number of aromatic amines is 1. The highest BCUT2D eigenvalue weighted by molar-refractivity contribution is 6.31. The van der Waals surface area contributed by atoms with Gasteiger partial charge in [0.2, 0.25) is 0 Å². The summed E-state index contributed by atoms with van der Waals surface area (Å²) in [4.78, 5) is 10.2. The van der Waals surface area contributed by atoms with E-state index >= 15 is 0 Å². The third-order valence-electron chi connectivity index (χ3n) is 5.77. The number of H-pyrrole nitrogens is 1. The van der Waals surface area contributed by atoms with Gasteiger partial charge in [-0.05, 0) is 54.9 Å². The summed E-state index contributed by atoms with van der Waals surface area (Å²) in [6.07, 6.45) is 8.58. The van der Waals surface area contributed by atoms with Gasteiger partial charge in [-0.2, -0.15) is 0 Å². The molecule has 24 heavy (non-hydrogen) atoms. The first-order valence-electron chi connectivity index (χ1n) is 8.90. The maximum absolute atomic E-state index is 6.13. The van der Waals surface area contributed by atoms with Crippen LogP contribution in [0.2, 0.25) is 5.02 Å². The average Bonchev–Trinajstić information content (AvgIpc) is 3.16. The number of aromatic nitrogens is 1. The molecule has 0 unspecified atom stereocenters. The summed E-state index contributed by atoms with van der Waals surface area (Å²) < 4.78 is 0. The van der Waals surface area contributed by atoms with Crippen molar-refractivity contribution in [2.45, 2.75) is 32.1 Å². The molecule has 1 spiro atoms. The molecule has 1 saturated carbocycles. The Morgan fingerprint density at radius 3 is 2.96 bits per heavy atom. The number of aliphatic imine (C=N–C) groups is 1. The second kappa shape index (κ2) is 6.32. The van der Waals surface area contributed by atoms with Gasteiger partial charge < -0.3 is 15.2 Å². The number of fused-ring (bicyclic) bond motifs is 1. The molecule has 1 aliphatic carbocycles. The highest BCUT2D eigenvalue weighted by Gasteiger charge is 2.43. The van der Waals surface area contributed by atoms with Crippen LogP contribution in [0.1, 0.15) is 31.2 Å². The standard InChI is InChI=1S/C19H25ClN4/c1-21-18(24-10-8-19(13-24)6-2-7-19)22-9-5-14-12-23-17-4-3-15(20)11-16(14)17/h3-4,11-12,23H,2,5-10,13H2,1H3,(H,21,22). The minimum Gasteiger partial charge on any atom is -0.361 e. The van der Waals surface area contributed by atoms with Crippen LogP contribution in [-0.4, -0.2) is 42.5 Å². The second-order valence-corrected chi connectivity index (χ2v) is 7.69. The summed E-state index contributed by atoms with van der Waals surface area (Å²) >= 11 is 6.13. The van der Waals surface area contributed by atoms with Crippen molar-refractivity contribution in [1.82, 2.24) is 15.2 Å². The van der Waals surface area contributed by atoms with Crippen molar-refractivity contribution in [1.29, 1.82) is 0 Å². The van der Waals surface area contributed by atoms with Crippen LogP contribution < -0.4 is 5.32 Å². The molecule has 128 valence electrons. The Bertz CT molecular complexity index is 760. The molecule has 2 fully saturated rings. The Kier molecular flexibility index (Phi) is 4.17. The van der Waals surface area contributed by atoms with Gasteiger partial charge in [0.1, 0.15) is 0 Å². The number of hydrogen-bond acceptors (Lipinski definition) is 1. The monoisotopic (exact) mass is 344 g/mol. The second-order valence-electron chi connectivity index (χ2n) is 7.25. The van der Waals surface area contributed by atoms with Crippen LogP contribution in [0.25, 0.3) is 10.9 Å². The molecule has 5 heteroatoms. The molecule has 1 saturated heterocycles. The molecule has 0 atom stereocenters. The van der Waals surface area contributed by atoms with Gasteiger partial charge in [0, 0.05) is 48.8 Å². The van der Waals surface area contributed by atoms with E-state index in [9.17, 15) is 0 Å². The third kappa shape index (κ3) is 2.88. The molecule has 0 radical (unpaired) electrons. The molecule has 4 nitrogen and oxygen atoms in total. The number of hydrogen-bond donors (Lipinski definition) is 2. The molecule has 1 aliphatic heterocycles. The minimum atomic E-state index is 0.602. The Morgan fingerprint density at radius 2 is 2.25 bits per heavy atom. The summed E-state index contributed by atoms with van der Waals surface area (Å²) in [5.41, 5.74) is 3.04. The first-order valence-corrected chi connectivity index (χ1v) is 9.28. The molecule has 2 aromatic rings. The molecular formula is C19H25ClN4. The molecule has 2 aliphatic rings. The number of nitrogens with one attached hydrogen (secondary N) is 2. The van der Waals surface area contributed by atoms with E-state index in [1.165, 1.54) is 43.2 Å². The number of halogens is 1. The van der Waals surface area contributed by atoms with Gasteiger partial charge in [-0.3, -0.25) is 4.99 Å². The zero-order valence-corrected chi connectivity index (χ0v) is 15.0. The number of rotatable bonds is 3. The first kappa shape index (κ1) is 15.8. The molecular weight excluding hydrogens is 320 g/mol. The van der Waals surface area contributed by atoms with Gasteiger partial charge in [-0.1, -0.05) is 18.0 Å². The predicted molar refractivity (Wildman–Crippen MR) is 101 cm³/mol. The summed E-state index contributed by atoms with van der Waals surface area (Å²) in [7, 11) is 1.89. The van der Waals surface area contributed by atoms with Crippen molar-refractivity contribution in [2.75, 3.05) is 26.7 Å². The SMILES string of the molecule is CN=C(NCCc1c[nH]c2ccc(Cl)cc12)N1CCC2(CCC2)C1. The Labute approximate surface area is 148 Å². The number of benzene rings is 1. The molecule has 0 bridgehead atoms.